The van der Waals surface area contributed by atoms with E-state index in [9.17, 15) is 9.59 Å². The lowest BCUT2D eigenvalue weighted by Gasteiger charge is -2.38. The molecule has 5 aromatic carbocycles. The molecule has 1 N–H and O–H groups in total. The fraction of sp³-hybridized carbons (Fsp3) is 0.357. The average molecular weight is 729 g/mol. The van der Waals surface area contributed by atoms with Crippen LogP contribution in [-0.2, 0) is 18.5 Å². The normalized spacial score (nSPS) is 21.8. The third-order valence-electron chi connectivity index (χ3n) is 10.5. The van der Waals surface area contributed by atoms with E-state index < -0.39 is 43.8 Å². The van der Waals surface area contributed by atoms with E-state index in [0.29, 0.717) is 13.0 Å². The molecule has 2 aliphatic rings. The molecule has 0 saturated carbocycles. The molecule has 53 heavy (non-hydrogen) atoms. The summed E-state index contributed by atoms with van der Waals surface area (Å²) in [5, 5.41) is 9.24. The van der Waals surface area contributed by atoms with Crippen LogP contribution in [-0.4, -0.2) is 63.9 Å². The highest BCUT2D eigenvalue weighted by Crippen LogP contribution is 2.55. The SMILES string of the molecule is [C-]#[N+]CCOP(O[C@@H]1C2OC[C@]1(CC)O[C@H]2n1cc(C#Cc2ccc3c4cccc5cccc(c6cccc2c63)c54)c(=O)[nH]c1=O)N(C(C)C)C(C)C. The first-order valence-electron chi connectivity index (χ1n) is 18.1. The van der Waals surface area contributed by atoms with Crippen LogP contribution in [0.15, 0.2) is 82.5 Å². The van der Waals surface area contributed by atoms with Gasteiger partial charge in [0, 0.05) is 23.8 Å². The molecule has 6 aromatic rings. The molecule has 2 aliphatic heterocycles. The maximum absolute atomic E-state index is 13.4. The van der Waals surface area contributed by atoms with Crippen LogP contribution < -0.4 is 11.2 Å². The first-order valence-corrected chi connectivity index (χ1v) is 19.2. The van der Waals surface area contributed by atoms with E-state index in [1.807, 2.05) is 19.1 Å². The number of ether oxygens (including phenoxy) is 2. The number of aromatic amines is 1. The zero-order valence-electron chi connectivity index (χ0n) is 30.4. The summed E-state index contributed by atoms with van der Waals surface area (Å²) in [7, 11) is -1.59. The molecule has 8 rings (SSSR count). The Balaban J connectivity index is 1.16. The van der Waals surface area contributed by atoms with Crippen molar-refractivity contribution in [1.82, 2.24) is 14.2 Å². The molecule has 2 saturated heterocycles. The highest BCUT2D eigenvalue weighted by atomic mass is 31.2. The summed E-state index contributed by atoms with van der Waals surface area (Å²) in [6.45, 7) is 18.3. The topological polar surface area (TPSA) is 99.4 Å². The minimum absolute atomic E-state index is 0.110. The van der Waals surface area contributed by atoms with Gasteiger partial charge >= 0.3 is 5.69 Å². The highest BCUT2D eigenvalue weighted by Gasteiger charge is 2.63. The van der Waals surface area contributed by atoms with Gasteiger partial charge in [0.15, 0.2) is 6.23 Å². The molecule has 10 nitrogen and oxygen atoms in total. The number of H-pyrrole nitrogens is 1. The van der Waals surface area contributed by atoms with Crippen molar-refractivity contribution in [3.05, 3.63) is 116 Å². The second-order valence-electron chi connectivity index (χ2n) is 14.3. The van der Waals surface area contributed by atoms with Crippen LogP contribution in [0.5, 0.6) is 0 Å². The van der Waals surface area contributed by atoms with Gasteiger partial charge in [0.25, 0.3) is 14.1 Å². The first kappa shape index (κ1) is 35.4. The smallest absolute Gasteiger partial charge is 0.330 e. The van der Waals surface area contributed by atoms with E-state index in [1.165, 1.54) is 32.3 Å². The van der Waals surface area contributed by atoms with Crippen LogP contribution >= 0.6 is 8.53 Å². The summed E-state index contributed by atoms with van der Waals surface area (Å²) in [6.07, 6.45) is -0.0434. The van der Waals surface area contributed by atoms with Gasteiger partial charge in [0.1, 0.15) is 30.0 Å². The Labute approximate surface area is 308 Å². The average Bonchev–Trinajstić information content (AvgIpc) is 3.65. The number of benzene rings is 5. The van der Waals surface area contributed by atoms with Crippen molar-refractivity contribution in [1.29, 1.82) is 0 Å². The van der Waals surface area contributed by atoms with Gasteiger partial charge in [-0.2, -0.15) is 0 Å². The second-order valence-corrected chi connectivity index (χ2v) is 15.7. The summed E-state index contributed by atoms with van der Waals surface area (Å²) in [5.74, 6) is 6.33. The first-order chi connectivity index (χ1) is 25.7. The number of nitrogens with zero attached hydrogens (tertiary/aromatic N) is 3. The summed E-state index contributed by atoms with van der Waals surface area (Å²) in [4.78, 5) is 32.5. The molecule has 2 bridgehead atoms. The number of hydrogen-bond acceptors (Lipinski definition) is 7. The van der Waals surface area contributed by atoms with Gasteiger partial charge in [-0.05, 0) is 83.3 Å². The summed E-state index contributed by atoms with van der Waals surface area (Å²) < 4.78 is 29.5. The number of hydrogen-bond donors (Lipinski definition) is 1. The molecule has 0 spiro atoms. The predicted molar refractivity (Wildman–Crippen MR) is 209 cm³/mol. The van der Waals surface area contributed by atoms with Crippen molar-refractivity contribution in [3.63, 3.8) is 0 Å². The molecule has 0 amide bonds. The highest BCUT2D eigenvalue weighted by molar-refractivity contribution is 7.44. The molecule has 11 heteroatoms. The summed E-state index contributed by atoms with van der Waals surface area (Å²) in [5.41, 5.74) is -1.14. The zero-order valence-corrected chi connectivity index (χ0v) is 31.3. The minimum Gasteiger partial charge on any atom is -0.368 e. The Hall–Kier alpha value is -4.64. The predicted octanol–water partition coefficient (Wildman–Crippen LogP) is 7.73. The number of aromatic nitrogens is 2. The van der Waals surface area contributed by atoms with E-state index in [2.05, 4.69) is 109 Å². The van der Waals surface area contributed by atoms with Crippen LogP contribution in [0.25, 0.3) is 47.9 Å². The van der Waals surface area contributed by atoms with Crippen LogP contribution in [0.1, 0.15) is 58.4 Å². The summed E-state index contributed by atoms with van der Waals surface area (Å²) >= 11 is 0. The molecule has 2 unspecified atom stereocenters. The van der Waals surface area contributed by atoms with E-state index in [1.54, 1.807) is 0 Å². The van der Waals surface area contributed by atoms with Crippen LogP contribution in [0.2, 0.25) is 0 Å². The fourth-order valence-corrected chi connectivity index (χ4v) is 9.95. The van der Waals surface area contributed by atoms with Gasteiger partial charge in [-0.25, -0.2) is 16.0 Å². The third-order valence-corrected chi connectivity index (χ3v) is 12.6. The maximum Gasteiger partial charge on any atom is 0.330 e. The van der Waals surface area contributed by atoms with Gasteiger partial charge in [-0.15, -0.1) is 0 Å². The molecule has 2 fully saturated rings. The monoisotopic (exact) mass is 728 g/mol. The van der Waals surface area contributed by atoms with Gasteiger partial charge in [-0.3, -0.25) is 14.3 Å². The number of rotatable bonds is 10. The van der Waals surface area contributed by atoms with Crippen LogP contribution in [0.4, 0.5) is 0 Å². The van der Waals surface area contributed by atoms with Gasteiger partial charge in [0.2, 0.25) is 6.54 Å². The van der Waals surface area contributed by atoms with Gasteiger partial charge in [-0.1, -0.05) is 79.4 Å². The molecule has 0 aliphatic carbocycles. The quantitative estimate of drug-likeness (QED) is 0.0385. The molecule has 5 atom stereocenters. The van der Waals surface area contributed by atoms with Crippen LogP contribution in [0.3, 0.4) is 0 Å². The van der Waals surface area contributed by atoms with E-state index >= 15 is 0 Å². The third kappa shape index (κ3) is 5.91. The number of nitrogens with one attached hydrogen (secondary N) is 1. The lowest BCUT2D eigenvalue weighted by atomic mass is 9.88. The van der Waals surface area contributed by atoms with Crippen molar-refractivity contribution < 1.29 is 18.5 Å². The van der Waals surface area contributed by atoms with Crippen molar-refractivity contribution in [2.24, 2.45) is 0 Å². The zero-order chi connectivity index (χ0) is 37.0. The molecule has 1 aromatic heterocycles. The molecule has 270 valence electrons. The standard InChI is InChI=1S/C42H41N4O6P/c1-7-42-24-49-37(38(42)52-53(50-22-21-43-6)46(25(2)3)26(4)5)40(51-42)45-23-29(39(47)44-41(45)48)18-17-27-19-20-34-32-15-9-12-28-11-8-14-31(35(28)32)33-16-10-13-30(27)36(33)34/h8-16,19-20,23,25-26,37-38,40H,7,21-22,24H2,1-5H3,(H,44,47,48)/t37?,38-,40-,42+,53?/m1/s1. The minimum atomic E-state index is -1.59. The van der Waals surface area contributed by atoms with Crippen molar-refractivity contribution in [2.45, 2.75) is 77.2 Å². The van der Waals surface area contributed by atoms with Crippen molar-refractivity contribution in [2.75, 3.05) is 19.8 Å². The molecule has 0 radical (unpaired) electrons. The van der Waals surface area contributed by atoms with Crippen molar-refractivity contribution in [3.8, 4) is 11.8 Å². The summed E-state index contributed by atoms with van der Waals surface area (Å²) in [6, 6.07) is 23.4. The van der Waals surface area contributed by atoms with Crippen LogP contribution in [0, 0.1) is 18.4 Å². The van der Waals surface area contributed by atoms with Crippen molar-refractivity contribution >= 4 is 51.6 Å². The Morgan fingerprint density at radius 1 is 0.943 bits per heavy atom. The Morgan fingerprint density at radius 3 is 2.26 bits per heavy atom. The largest absolute Gasteiger partial charge is 0.368 e. The maximum atomic E-state index is 13.4. The Bertz CT molecular complexity index is 2520. The van der Waals surface area contributed by atoms with Gasteiger partial charge in [0.05, 0.1) is 6.61 Å². The Morgan fingerprint density at radius 2 is 1.58 bits per heavy atom. The Kier molecular flexibility index (Phi) is 9.33. The lowest BCUT2D eigenvalue weighted by Crippen LogP contribution is -2.43. The second kappa shape index (κ2) is 14.0. The molecular formula is C42H41N4O6P. The number of fused-ring (bicyclic) bond motifs is 4. The van der Waals surface area contributed by atoms with E-state index in [4.69, 9.17) is 25.1 Å². The molecular weight excluding hydrogens is 687 g/mol. The fourth-order valence-electron chi connectivity index (χ4n) is 8.14. The lowest BCUT2D eigenvalue weighted by molar-refractivity contribution is -0.175. The van der Waals surface area contributed by atoms with E-state index in [0.717, 1.165) is 27.1 Å². The van der Waals surface area contributed by atoms with Gasteiger partial charge < -0.3 is 23.4 Å². The van der Waals surface area contributed by atoms with E-state index in [-0.39, 0.29) is 30.8 Å². The molecule has 3 heterocycles.